The van der Waals surface area contributed by atoms with Gasteiger partial charge in [-0.05, 0) is 50.5 Å². The van der Waals surface area contributed by atoms with Gasteiger partial charge in [0, 0.05) is 52.9 Å². The third kappa shape index (κ3) is 10.0. The summed E-state index contributed by atoms with van der Waals surface area (Å²) in [7, 11) is 2.95. The fourth-order valence-electron chi connectivity index (χ4n) is 6.98. The number of hydrogen-bond acceptors (Lipinski definition) is 13. The maximum Gasteiger partial charge on any atom is 0.410 e. The summed E-state index contributed by atoms with van der Waals surface area (Å²) in [5, 5.41) is 17.7. The molecule has 310 valence electrons. The minimum atomic E-state index is -1.28. The number of carboxylic acid groups (broad SMARTS) is 1. The standard InChI is InChI=1S/C41H44ClN7O7S3/c1-41(2,3)56-40(54)48(4)19-20-57-22-26-28(17-12-18-44-26)58-34-25(29(23-13-8-6-9-14-23)24-15-10-7-11-16-24)21-27-30(37(51)49(27)33(34)38(52)53)45-36(50)32(47-55-5)31-35(42)59-39(43)46-31/h6-18,25,27,29-30H,19-22H2,1-5H3,(H2,43,46)(H,45,50)(H,52,53)/t25?,27-,30+/m1/s1. The van der Waals surface area contributed by atoms with Crippen molar-refractivity contribution in [1.82, 2.24) is 25.1 Å². The number of carboxylic acids is 1. The highest BCUT2D eigenvalue weighted by molar-refractivity contribution is 8.03. The molecule has 0 spiro atoms. The number of allylic oxidation sites excluding steroid dienone is 1. The fraction of sp³-hybridized carbons (Fsp3) is 0.341. The molecular weight excluding hydrogens is 834 g/mol. The number of aliphatic carboxylic acids is 1. The number of thioether (sulfide) groups is 2. The average Bonchev–Trinajstić information content (AvgIpc) is 3.54. The topological polar surface area (TPSA) is 190 Å². The molecule has 2 aromatic carbocycles. The molecule has 1 unspecified atom stereocenters. The van der Waals surface area contributed by atoms with Gasteiger partial charge in [0.1, 0.15) is 34.5 Å². The second kappa shape index (κ2) is 18.9. The van der Waals surface area contributed by atoms with Gasteiger partial charge in [0.15, 0.2) is 10.8 Å². The number of nitrogen functional groups attached to an aromatic ring is 1. The predicted octanol–water partition coefficient (Wildman–Crippen LogP) is 6.86. The summed E-state index contributed by atoms with van der Waals surface area (Å²) in [4.78, 5) is 71.6. The number of nitrogens with two attached hydrogens (primary N) is 1. The van der Waals surface area contributed by atoms with E-state index in [0.29, 0.717) is 29.4 Å². The number of β-lactam (4-membered cyclic amide) rings is 1. The fourth-order valence-corrected chi connectivity index (χ4v) is 10.3. The summed E-state index contributed by atoms with van der Waals surface area (Å²) >= 11 is 10.1. The van der Waals surface area contributed by atoms with E-state index in [4.69, 9.17) is 26.9 Å². The van der Waals surface area contributed by atoms with Gasteiger partial charge in [0.2, 0.25) is 0 Å². The number of amides is 3. The van der Waals surface area contributed by atoms with Crippen LogP contribution in [0.15, 0.2) is 99.6 Å². The van der Waals surface area contributed by atoms with Crippen molar-refractivity contribution < 1.29 is 33.9 Å². The van der Waals surface area contributed by atoms with Crippen molar-refractivity contribution in [3.63, 3.8) is 0 Å². The summed E-state index contributed by atoms with van der Waals surface area (Å²) in [5.41, 5.74) is 7.42. The van der Waals surface area contributed by atoms with Crippen LogP contribution in [0.1, 0.15) is 55.6 Å². The zero-order valence-corrected chi connectivity index (χ0v) is 36.2. The van der Waals surface area contributed by atoms with Gasteiger partial charge in [-0.25, -0.2) is 14.6 Å². The minimum Gasteiger partial charge on any atom is -0.477 e. The van der Waals surface area contributed by atoms with Crippen LogP contribution in [-0.2, 0) is 29.7 Å². The van der Waals surface area contributed by atoms with Crippen molar-refractivity contribution >= 4 is 81.2 Å². The summed E-state index contributed by atoms with van der Waals surface area (Å²) in [6.45, 7) is 5.90. The molecule has 2 aliphatic heterocycles. The van der Waals surface area contributed by atoms with Crippen LogP contribution in [0.2, 0.25) is 4.34 Å². The highest BCUT2D eigenvalue weighted by atomic mass is 35.5. The molecule has 2 aromatic heterocycles. The number of carbonyl (C=O) groups excluding carboxylic acids is 3. The number of carbonyl (C=O) groups is 4. The normalized spacial score (nSPS) is 17.9. The van der Waals surface area contributed by atoms with E-state index in [2.05, 4.69) is 20.4 Å². The number of nitrogens with zero attached hydrogens (tertiary/aromatic N) is 5. The highest BCUT2D eigenvalue weighted by Gasteiger charge is 2.57. The van der Waals surface area contributed by atoms with Crippen molar-refractivity contribution in [1.29, 1.82) is 0 Å². The molecule has 3 atom stereocenters. The Labute approximate surface area is 359 Å². The number of halogens is 1. The monoisotopic (exact) mass is 877 g/mol. The van der Waals surface area contributed by atoms with Gasteiger partial charge >= 0.3 is 12.1 Å². The lowest BCUT2D eigenvalue weighted by Crippen LogP contribution is -2.72. The van der Waals surface area contributed by atoms with Crippen LogP contribution in [0.25, 0.3) is 0 Å². The first-order chi connectivity index (χ1) is 28.2. The Hall–Kier alpha value is -5.10. The van der Waals surface area contributed by atoms with E-state index in [1.165, 1.54) is 28.7 Å². The second-order valence-corrected chi connectivity index (χ2v) is 18.5. The summed E-state index contributed by atoms with van der Waals surface area (Å²) in [5.74, 6) is -2.40. The predicted molar refractivity (Wildman–Crippen MR) is 230 cm³/mol. The van der Waals surface area contributed by atoms with E-state index in [-0.39, 0.29) is 32.5 Å². The molecule has 1 saturated heterocycles. The zero-order valence-electron chi connectivity index (χ0n) is 33.0. The van der Waals surface area contributed by atoms with Crippen molar-refractivity contribution in [2.24, 2.45) is 11.1 Å². The maximum atomic E-state index is 14.1. The van der Waals surface area contributed by atoms with Crippen LogP contribution in [0, 0.1) is 5.92 Å². The molecule has 18 heteroatoms. The van der Waals surface area contributed by atoms with Gasteiger partial charge in [-0.15, -0.1) is 0 Å². The largest absolute Gasteiger partial charge is 0.477 e. The quantitative estimate of drug-likeness (QED) is 0.0488. The second-order valence-electron chi connectivity index (χ2n) is 14.7. The number of thiazole rings is 1. The molecule has 4 aromatic rings. The van der Waals surface area contributed by atoms with E-state index in [1.807, 2.05) is 87.5 Å². The third-order valence-electron chi connectivity index (χ3n) is 9.54. The SMILES string of the molecule is CON=C(C(=O)N[C@@H]1C(=O)N2C(C(=O)O)=C(Sc3cccnc3CSCCN(C)C(=O)OC(C)(C)C)C(C(c3ccccc3)c3ccccc3)C[C@H]12)c1nc(N)sc1Cl. The molecule has 1 fully saturated rings. The zero-order chi connectivity index (χ0) is 42.4. The smallest absolute Gasteiger partial charge is 0.410 e. The minimum absolute atomic E-state index is 0.00260. The van der Waals surface area contributed by atoms with E-state index >= 15 is 0 Å². The number of anilines is 1. The first kappa shape index (κ1) is 43.5. The Kier molecular flexibility index (Phi) is 13.9. The van der Waals surface area contributed by atoms with Crippen LogP contribution in [0.4, 0.5) is 9.93 Å². The molecule has 4 N–H and O–H groups in total. The average molecular weight is 878 g/mol. The lowest BCUT2D eigenvalue weighted by atomic mass is 9.71. The first-order valence-corrected chi connectivity index (χ1v) is 21.7. The van der Waals surface area contributed by atoms with Gasteiger partial charge in [-0.2, -0.15) is 11.8 Å². The third-order valence-corrected chi connectivity index (χ3v) is 12.9. The number of rotatable bonds is 15. The molecule has 14 nitrogen and oxygen atoms in total. The van der Waals surface area contributed by atoms with E-state index in [9.17, 15) is 24.3 Å². The first-order valence-electron chi connectivity index (χ1n) is 18.6. The molecular formula is C41H44ClN7O7S3. The van der Waals surface area contributed by atoms with Crippen LogP contribution in [0.5, 0.6) is 0 Å². The number of benzene rings is 2. The van der Waals surface area contributed by atoms with Gasteiger partial charge in [-0.3, -0.25) is 19.5 Å². The number of oxime groups is 1. The lowest BCUT2D eigenvalue weighted by Gasteiger charge is -2.53. The number of fused-ring (bicyclic) bond motifs is 1. The summed E-state index contributed by atoms with van der Waals surface area (Å²) < 4.78 is 5.59. The van der Waals surface area contributed by atoms with Crippen LogP contribution in [-0.4, -0.2) is 98.6 Å². The van der Waals surface area contributed by atoms with Gasteiger partial charge < -0.3 is 30.6 Å². The molecule has 59 heavy (non-hydrogen) atoms. The molecule has 4 heterocycles. The van der Waals surface area contributed by atoms with Crippen LogP contribution < -0.4 is 11.1 Å². The lowest BCUT2D eigenvalue weighted by molar-refractivity contribution is -0.156. The van der Waals surface area contributed by atoms with E-state index < -0.39 is 47.5 Å². The number of nitrogens with one attached hydrogen (secondary N) is 1. The molecule has 0 bridgehead atoms. The van der Waals surface area contributed by atoms with Gasteiger partial charge in [0.05, 0.1) is 11.7 Å². The summed E-state index contributed by atoms with van der Waals surface area (Å²) in [6.07, 6.45) is 1.57. The van der Waals surface area contributed by atoms with Crippen molar-refractivity contribution in [3.8, 4) is 0 Å². The van der Waals surface area contributed by atoms with Crippen LogP contribution in [0.3, 0.4) is 0 Å². The molecule has 6 rings (SSSR count). The number of hydrogen-bond donors (Lipinski definition) is 3. The summed E-state index contributed by atoms with van der Waals surface area (Å²) in [6, 6.07) is 21.5. The molecule has 0 saturated carbocycles. The number of ether oxygens (including phenoxy) is 1. The van der Waals surface area contributed by atoms with Gasteiger partial charge in [-0.1, -0.05) is 101 Å². The van der Waals surface area contributed by atoms with Crippen molar-refractivity contribution in [3.05, 3.63) is 116 Å². The number of aromatic nitrogens is 2. The molecule has 3 amide bonds. The van der Waals surface area contributed by atoms with E-state index in [1.54, 1.807) is 31.1 Å². The highest BCUT2D eigenvalue weighted by Crippen LogP contribution is 2.53. The van der Waals surface area contributed by atoms with Crippen LogP contribution >= 0.6 is 46.5 Å². The van der Waals surface area contributed by atoms with Crippen molar-refractivity contribution in [2.75, 3.05) is 32.2 Å². The molecule has 2 aliphatic rings. The Morgan fingerprint density at radius 2 is 1.76 bits per heavy atom. The molecule has 0 aliphatic carbocycles. The molecule has 0 radical (unpaired) electrons. The maximum absolute atomic E-state index is 14.1. The van der Waals surface area contributed by atoms with E-state index in [0.717, 1.165) is 33.1 Å². The number of pyridine rings is 1. The Bertz CT molecular complexity index is 2210. The van der Waals surface area contributed by atoms with Gasteiger partial charge in [0.25, 0.3) is 11.8 Å². The Morgan fingerprint density at radius 3 is 2.34 bits per heavy atom. The van der Waals surface area contributed by atoms with Crippen molar-refractivity contribution in [2.45, 2.75) is 61.4 Å². The Morgan fingerprint density at radius 1 is 1.10 bits per heavy atom. The Balaban J connectivity index is 1.35.